The number of hydrogen-bond acceptors (Lipinski definition) is 3. The summed E-state index contributed by atoms with van der Waals surface area (Å²) in [4.78, 5) is 14.6. The molecule has 0 heterocycles. The summed E-state index contributed by atoms with van der Waals surface area (Å²) in [5, 5.41) is 13.1. The third-order valence-electron chi connectivity index (χ3n) is 5.63. The Morgan fingerprint density at radius 2 is 1.56 bits per heavy atom. The predicted octanol–water partition coefficient (Wildman–Crippen LogP) is 4.05. The van der Waals surface area contributed by atoms with E-state index in [0.29, 0.717) is 0 Å². The van der Waals surface area contributed by atoms with Gasteiger partial charge in [0.05, 0.1) is 18.7 Å². The zero-order chi connectivity index (χ0) is 19.1. The monoisotopic (exact) mass is 361 g/mol. The first-order valence-corrected chi connectivity index (χ1v) is 9.67. The van der Waals surface area contributed by atoms with Gasteiger partial charge in [-0.2, -0.15) is 5.26 Å². The Morgan fingerprint density at radius 1 is 1.04 bits per heavy atom. The van der Waals surface area contributed by atoms with E-state index >= 15 is 0 Å². The third-order valence-corrected chi connectivity index (χ3v) is 5.63. The van der Waals surface area contributed by atoms with Crippen LogP contribution in [0.1, 0.15) is 49.3 Å². The molecule has 0 aromatic heterocycles. The second kappa shape index (κ2) is 8.83. The number of likely N-dealkylation sites (N-methyl/N-ethyl adjacent to an activating group) is 1. The minimum atomic E-state index is -0.647. The van der Waals surface area contributed by atoms with Gasteiger partial charge in [-0.05, 0) is 24.0 Å². The minimum Gasteiger partial charge on any atom is -0.326 e. The van der Waals surface area contributed by atoms with Crippen LogP contribution in [-0.4, -0.2) is 29.9 Å². The Bertz CT molecular complexity index is 737. The fourth-order valence-corrected chi connectivity index (χ4v) is 3.92. The van der Waals surface area contributed by atoms with Crippen LogP contribution in [0.2, 0.25) is 0 Å². The topological polar surface area (TPSA) is 56.1 Å². The van der Waals surface area contributed by atoms with Crippen LogP contribution < -0.4 is 5.32 Å². The number of nitrogens with zero attached hydrogens (tertiary/aromatic N) is 2. The molecule has 4 heteroatoms. The van der Waals surface area contributed by atoms with Crippen molar-refractivity contribution in [2.24, 2.45) is 0 Å². The first kappa shape index (κ1) is 19.1. The molecule has 0 bridgehead atoms. The van der Waals surface area contributed by atoms with Gasteiger partial charge in [0.25, 0.3) is 0 Å². The molecule has 1 aliphatic carbocycles. The second-order valence-corrected chi connectivity index (χ2v) is 7.29. The van der Waals surface area contributed by atoms with Crippen molar-refractivity contribution in [2.45, 2.75) is 43.7 Å². The minimum absolute atomic E-state index is 0.0321. The lowest BCUT2D eigenvalue weighted by Crippen LogP contribution is -2.52. The van der Waals surface area contributed by atoms with E-state index in [0.717, 1.165) is 43.2 Å². The molecule has 0 aliphatic heterocycles. The van der Waals surface area contributed by atoms with Crippen molar-refractivity contribution in [3.05, 3.63) is 71.8 Å². The average Bonchev–Trinajstić information content (AvgIpc) is 2.75. The molecule has 140 valence electrons. The van der Waals surface area contributed by atoms with Crippen molar-refractivity contribution >= 4 is 5.91 Å². The Kier molecular flexibility index (Phi) is 6.26. The summed E-state index contributed by atoms with van der Waals surface area (Å²) in [5.41, 5.74) is 1.59. The zero-order valence-electron chi connectivity index (χ0n) is 15.9. The van der Waals surface area contributed by atoms with E-state index in [1.165, 1.54) is 0 Å². The van der Waals surface area contributed by atoms with Crippen molar-refractivity contribution in [1.82, 2.24) is 10.2 Å². The number of carbonyl (C=O) groups excluding carboxylic acids is 1. The molecule has 1 aliphatic rings. The summed E-state index contributed by atoms with van der Waals surface area (Å²) >= 11 is 0. The summed E-state index contributed by atoms with van der Waals surface area (Å²) in [6.07, 6.45) is 4.71. The van der Waals surface area contributed by atoms with Gasteiger partial charge in [-0.25, -0.2) is 0 Å². The van der Waals surface area contributed by atoms with Crippen LogP contribution in [0.15, 0.2) is 60.7 Å². The standard InChI is InChI=1S/C23H27N3O/c1-26(23(18-24)15-9-4-10-16-23)21(27)17-25-22(19-11-5-2-6-12-19)20-13-7-3-8-14-20/h2-3,5-8,11-14,22,25H,4,9-10,15-17H2,1H3. The summed E-state index contributed by atoms with van der Waals surface area (Å²) in [6, 6.07) is 22.6. The third kappa shape index (κ3) is 4.37. The Hall–Kier alpha value is -2.64. The molecule has 1 fully saturated rings. The highest BCUT2D eigenvalue weighted by Crippen LogP contribution is 2.32. The van der Waals surface area contributed by atoms with Crippen LogP contribution in [0, 0.1) is 11.3 Å². The summed E-state index contributed by atoms with van der Waals surface area (Å²) in [7, 11) is 1.78. The van der Waals surface area contributed by atoms with Crippen LogP contribution in [0.5, 0.6) is 0 Å². The largest absolute Gasteiger partial charge is 0.326 e. The molecule has 4 nitrogen and oxygen atoms in total. The molecule has 1 N–H and O–H groups in total. The van der Waals surface area contributed by atoms with Gasteiger partial charge in [0, 0.05) is 7.05 Å². The van der Waals surface area contributed by atoms with E-state index < -0.39 is 5.54 Å². The molecular formula is C23H27N3O. The number of nitriles is 1. The average molecular weight is 361 g/mol. The highest BCUT2D eigenvalue weighted by atomic mass is 16.2. The van der Waals surface area contributed by atoms with Crippen LogP contribution in [0.4, 0.5) is 0 Å². The Morgan fingerprint density at radius 3 is 2.04 bits per heavy atom. The fourth-order valence-electron chi connectivity index (χ4n) is 3.92. The number of rotatable bonds is 6. The summed E-state index contributed by atoms with van der Waals surface area (Å²) < 4.78 is 0. The van der Waals surface area contributed by atoms with E-state index in [1.807, 2.05) is 36.4 Å². The van der Waals surface area contributed by atoms with Crippen molar-refractivity contribution in [3.8, 4) is 6.07 Å². The lowest BCUT2D eigenvalue weighted by molar-refractivity contribution is -0.133. The molecule has 0 unspecified atom stereocenters. The van der Waals surface area contributed by atoms with Crippen molar-refractivity contribution in [3.63, 3.8) is 0 Å². The Balaban J connectivity index is 1.73. The Labute approximate surface area is 161 Å². The first-order valence-electron chi connectivity index (χ1n) is 9.67. The lowest BCUT2D eigenvalue weighted by atomic mass is 9.81. The number of benzene rings is 2. The SMILES string of the molecule is CN(C(=O)CNC(c1ccccc1)c1ccccc1)C1(C#N)CCCCC1. The van der Waals surface area contributed by atoms with Crippen molar-refractivity contribution in [2.75, 3.05) is 13.6 Å². The van der Waals surface area contributed by atoms with Gasteiger partial charge in [-0.3, -0.25) is 10.1 Å². The maximum Gasteiger partial charge on any atom is 0.237 e. The quantitative estimate of drug-likeness (QED) is 0.844. The van der Waals surface area contributed by atoms with Crippen molar-refractivity contribution in [1.29, 1.82) is 5.26 Å². The van der Waals surface area contributed by atoms with Gasteiger partial charge in [-0.15, -0.1) is 0 Å². The van der Waals surface area contributed by atoms with E-state index in [9.17, 15) is 10.1 Å². The zero-order valence-corrected chi connectivity index (χ0v) is 15.9. The van der Waals surface area contributed by atoms with E-state index in [2.05, 4.69) is 35.7 Å². The maximum atomic E-state index is 12.9. The van der Waals surface area contributed by atoms with Gasteiger partial charge in [-0.1, -0.05) is 79.9 Å². The molecule has 1 saturated carbocycles. The molecule has 1 amide bonds. The molecule has 2 aromatic carbocycles. The van der Waals surface area contributed by atoms with Gasteiger partial charge in [0.15, 0.2) is 0 Å². The highest BCUT2D eigenvalue weighted by Gasteiger charge is 2.38. The fraction of sp³-hybridized carbons (Fsp3) is 0.391. The van der Waals surface area contributed by atoms with E-state index in [-0.39, 0.29) is 18.5 Å². The number of amides is 1. The normalized spacial score (nSPS) is 15.9. The van der Waals surface area contributed by atoms with Crippen LogP contribution in [0.3, 0.4) is 0 Å². The molecule has 27 heavy (non-hydrogen) atoms. The molecular weight excluding hydrogens is 334 g/mol. The number of hydrogen-bond donors (Lipinski definition) is 1. The maximum absolute atomic E-state index is 12.9. The highest BCUT2D eigenvalue weighted by molar-refractivity contribution is 5.79. The molecule has 2 aromatic rings. The molecule has 0 saturated heterocycles. The van der Waals surface area contributed by atoms with Gasteiger partial charge < -0.3 is 4.90 Å². The van der Waals surface area contributed by atoms with E-state index in [4.69, 9.17) is 0 Å². The van der Waals surface area contributed by atoms with Crippen LogP contribution >= 0.6 is 0 Å². The predicted molar refractivity (Wildman–Crippen MR) is 107 cm³/mol. The molecule has 3 rings (SSSR count). The molecule has 0 spiro atoms. The van der Waals surface area contributed by atoms with Crippen molar-refractivity contribution < 1.29 is 4.79 Å². The molecule has 0 atom stereocenters. The van der Waals surface area contributed by atoms with Crippen LogP contribution in [0.25, 0.3) is 0 Å². The summed E-state index contributed by atoms with van der Waals surface area (Å²) in [5.74, 6) is -0.0321. The first-order chi connectivity index (χ1) is 13.2. The van der Waals surface area contributed by atoms with Gasteiger partial charge in [0.1, 0.15) is 5.54 Å². The van der Waals surface area contributed by atoms with Gasteiger partial charge in [0.2, 0.25) is 5.91 Å². The summed E-state index contributed by atoms with van der Waals surface area (Å²) in [6.45, 7) is 0.203. The number of carbonyl (C=O) groups is 1. The number of nitrogens with one attached hydrogen (secondary N) is 1. The van der Waals surface area contributed by atoms with Crippen LogP contribution in [-0.2, 0) is 4.79 Å². The van der Waals surface area contributed by atoms with Gasteiger partial charge >= 0.3 is 0 Å². The smallest absolute Gasteiger partial charge is 0.237 e. The molecule has 0 radical (unpaired) electrons. The van der Waals surface area contributed by atoms with E-state index in [1.54, 1.807) is 11.9 Å². The second-order valence-electron chi connectivity index (χ2n) is 7.29. The lowest BCUT2D eigenvalue weighted by Gasteiger charge is -2.39.